The summed E-state index contributed by atoms with van der Waals surface area (Å²) < 4.78 is 56.8. The highest BCUT2D eigenvalue weighted by Crippen LogP contribution is 2.32. The van der Waals surface area contributed by atoms with Gasteiger partial charge in [-0.25, -0.2) is 17.6 Å². The van der Waals surface area contributed by atoms with Crippen LogP contribution in [0.2, 0.25) is 0 Å². The highest BCUT2D eigenvalue weighted by atomic mass is 19.1. The number of amides is 2. The number of aromatic nitrogens is 1. The number of fused-ring (bicyclic) bond motifs is 2. The Labute approximate surface area is 202 Å². The molecule has 4 rings (SSSR count). The molecule has 1 aliphatic heterocycles. The van der Waals surface area contributed by atoms with Gasteiger partial charge in [-0.15, -0.1) is 0 Å². The zero-order valence-corrected chi connectivity index (χ0v) is 19.2. The minimum Gasteiger partial charge on any atom is -0.503 e. The summed E-state index contributed by atoms with van der Waals surface area (Å²) in [5, 5.41) is 12.9. The van der Waals surface area contributed by atoms with E-state index >= 15 is 0 Å². The summed E-state index contributed by atoms with van der Waals surface area (Å²) in [7, 11) is 1.31. The van der Waals surface area contributed by atoms with Crippen molar-refractivity contribution in [1.29, 1.82) is 0 Å². The first kappa shape index (κ1) is 25.0. The molecule has 2 heterocycles. The molecule has 1 atom stereocenters. The van der Waals surface area contributed by atoms with Gasteiger partial charge in [-0.2, -0.15) is 0 Å². The molecule has 2 aromatic carbocycles. The van der Waals surface area contributed by atoms with E-state index in [1.54, 1.807) is 13.0 Å². The van der Waals surface area contributed by atoms with Gasteiger partial charge in [0, 0.05) is 43.5 Å². The lowest BCUT2D eigenvalue weighted by atomic mass is 10.0. The van der Waals surface area contributed by atoms with Crippen molar-refractivity contribution in [2.24, 2.45) is 0 Å². The van der Waals surface area contributed by atoms with E-state index in [1.807, 2.05) is 0 Å². The molecule has 0 saturated heterocycles. The fourth-order valence-corrected chi connectivity index (χ4v) is 4.25. The summed E-state index contributed by atoms with van der Waals surface area (Å²) in [6.07, 6.45) is 1.79. The topological polar surface area (TPSA) is 91.6 Å². The number of pyridine rings is 1. The Kier molecular flexibility index (Phi) is 6.57. The van der Waals surface area contributed by atoms with Crippen LogP contribution >= 0.6 is 0 Å². The summed E-state index contributed by atoms with van der Waals surface area (Å²) in [4.78, 5) is 39.9. The summed E-state index contributed by atoms with van der Waals surface area (Å²) >= 11 is 0. The van der Waals surface area contributed by atoms with Crippen LogP contribution in [0.3, 0.4) is 0 Å². The molecular weight excluding hydrogens is 482 g/mol. The zero-order valence-electron chi connectivity index (χ0n) is 19.2. The van der Waals surface area contributed by atoms with Crippen LogP contribution in [-0.4, -0.2) is 28.5 Å². The number of anilines is 1. The lowest BCUT2D eigenvalue weighted by Crippen LogP contribution is -2.35. The molecular formula is C25H21F4N3O4. The largest absolute Gasteiger partial charge is 0.503 e. The van der Waals surface area contributed by atoms with E-state index < -0.39 is 75.7 Å². The molecule has 0 unspecified atom stereocenters. The maximum atomic E-state index is 14.6. The molecule has 0 spiro atoms. The smallest absolute Gasteiger partial charge is 0.278 e. The Balaban J connectivity index is 1.74. The van der Waals surface area contributed by atoms with E-state index in [4.69, 9.17) is 0 Å². The number of halogens is 4. The fraction of sp³-hybridized carbons (Fsp3) is 0.240. The zero-order chi connectivity index (χ0) is 26.3. The Morgan fingerprint density at radius 1 is 1.11 bits per heavy atom. The van der Waals surface area contributed by atoms with Crippen LogP contribution < -0.4 is 15.6 Å². The molecule has 3 aromatic rings. The summed E-state index contributed by atoms with van der Waals surface area (Å²) in [5.74, 6) is -7.20. The third-order valence-corrected chi connectivity index (χ3v) is 6.21. The van der Waals surface area contributed by atoms with Gasteiger partial charge >= 0.3 is 0 Å². The predicted octanol–water partition coefficient (Wildman–Crippen LogP) is 3.82. The lowest BCUT2D eigenvalue weighted by Gasteiger charge is -2.23. The van der Waals surface area contributed by atoms with E-state index in [1.165, 1.54) is 23.7 Å². The highest BCUT2D eigenvalue weighted by molar-refractivity contribution is 6.07. The van der Waals surface area contributed by atoms with Crippen molar-refractivity contribution < 1.29 is 32.3 Å². The van der Waals surface area contributed by atoms with Crippen molar-refractivity contribution in [1.82, 2.24) is 9.88 Å². The number of hydrogen-bond donors (Lipinski definition) is 2. The quantitative estimate of drug-likeness (QED) is 0.532. The third kappa shape index (κ3) is 4.32. The highest BCUT2D eigenvalue weighted by Gasteiger charge is 2.31. The van der Waals surface area contributed by atoms with E-state index in [9.17, 15) is 37.1 Å². The number of aryl methyl sites for hydroxylation is 1. The van der Waals surface area contributed by atoms with Gasteiger partial charge in [0.2, 0.25) is 5.43 Å². The third-order valence-electron chi connectivity index (χ3n) is 6.21. The first-order chi connectivity index (χ1) is 17.0. The predicted molar refractivity (Wildman–Crippen MR) is 122 cm³/mol. The van der Waals surface area contributed by atoms with E-state index in [2.05, 4.69) is 5.32 Å². The molecule has 0 saturated carbocycles. The van der Waals surface area contributed by atoms with Gasteiger partial charge in [0.25, 0.3) is 11.8 Å². The van der Waals surface area contributed by atoms with Gasteiger partial charge in [0.15, 0.2) is 11.4 Å². The number of benzene rings is 2. The Morgan fingerprint density at radius 3 is 2.44 bits per heavy atom. The van der Waals surface area contributed by atoms with Gasteiger partial charge < -0.3 is 19.9 Å². The van der Waals surface area contributed by atoms with Crippen LogP contribution in [0, 0.1) is 23.3 Å². The molecule has 36 heavy (non-hydrogen) atoms. The molecule has 0 bridgehead atoms. The van der Waals surface area contributed by atoms with Crippen LogP contribution in [-0.2, 0) is 13.0 Å². The van der Waals surface area contributed by atoms with Crippen LogP contribution in [0.25, 0.3) is 0 Å². The SMILES string of the molecule is C[C@@H]1CCc2cccc(F)c2N(C)C(=O)c2c(O)c(=O)c(C(=O)NCc3c(F)cc(F)cc3F)cn21. The van der Waals surface area contributed by atoms with Crippen LogP contribution in [0.5, 0.6) is 5.75 Å². The van der Waals surface area contributed by atoms with E-state index in [-0.39, 0.29) is 5.69 Å². The minimum atomic E-state index is -1.23. The first-order valence-corrected chi connectivity index (χ1v) is 11.0. The second-order valence-electron chi connectivity index (χ2n) is 8.51. The first-order valence-electron chi connectivity index (χ1n) is 11.0. The van der Waals surface area contributed by atoms with Crippen molar-refractivity contribution in [3.63, 3.8) is 0 Å². The summed E-state index contributed by atoms with van der Waals surface area (Å²) in [6, 6.07) is 4.75. The van der Waals surface area contributed by atoms with Crippen LogP contribution in [0.15, 0.2) is 41.3 Å². The van der Waals surface area contributed by atoms with Gasteiger partial charge in [0.05, 0.1) is 5.69 Å². The molecule has 1 aliphatic rings. The van der Waals surface area contributed by atoms with Gasteiger partial charge in [-0.05, 0) is 31.4 Å². The van der Waals surface area contributed by atoms with Gasteiger partial charge in [-0.1, -0.05) is 12.1 Å². The number of para-hydroxylation sites is 1. The fourth-order valence-electron chi connectivity index (χ4n) is 4.25. The Morgan fingerprint density at radius 2 is 1.78 bits per heavy atom. The number of hydrogen-bond acceptors (Lipinski definition) is 4. The number of rotatable bonds is 3. The number of aromatic hydroxyl groups is 1. The number of carbonyl (C=O) groups is 2. The Bertz CT molecular complexity index is 1430. The lowest BCUT2D eigenvalue weighted by molar-refractivity contribution is 0.0940. The second kappa shape index (κ2) is 9.48. The summed E-state index contributed by atoms with van der Waals surface area (Å²) in [6.45, 7) is 0.987. The molecule has 2 amide bonds. The van der Waals surface area contributed by atoms with Crippen molar-refractivity contribution in [2.75, 3.05) is 11.9 Å². The van der Waals surface area contributed by atoms with Crippen molar-refractivity contribution in [3.05, 3.63) is 92.4 Å². The summed E-state index contributed by atoms with van der Waals surface area (Å²) in [5.41, 5.74) is -2.26. The number of nitrogens with zero attached hydrogens (tertiary/aromatic N) is 2. The van der Waals surface area contributed by atoms with E-state index in [0.717, 1.165) is 11.1 Å². The monoisotopic (exact) mass is 503 g/mol. The standard InChI is InChI=1S/C25H21F4N3O4/c1-12-6-7-13-4-3-5-17(27)20(13)31(2)25(36)21-23(34)22(33)16(11-32(12)21)24(35)30-10-15-18(28)8-14(26)9-19(15)29/h3-5,8-9,11-12,34H,6-7,10H2,1-2H3,(H,30,35)/t12-/m1/s1. The molecule has 0 fully saturated rings. The molecule has 2 N–H and O–H groups in total. The van der Waals surface area contributed by atoms with Gasteiger partial charge in [0.1, 0.15) is 28.8 Å². The maximum absolute atomic E-state index is 14.6. The Hall–Kier alpha value is -4.15. The van der Waals surface area contributed by atoms with E-state index in [0.29, 0.717) is 30.5 Å². The molecule has 188 valence electrons. The molecule has 1 aromatic heterocycles. The molecule has 11 heteroatoms. The van der Waals surface area contributed by atoms with Crippen LogP contribution in [0.4, 0.5) is 23.2 Å². The number of carbonyl (C=O) groups excluding carboxylic acids is 2. The second-order valence-corrected chi connectivity index (χ2v) is 8.51. The molecule has 7 nitrogen and oxygen atoms in total. The maximum Gasteiger partial charge on any atom is 0.278 e. The van der Waals surface area contributed by atoms with Crippen molar-refractivity contribution in [2.45, 2.75) is 32.4 Å². The normalized spacial score (nSPS) is 15.4. The van der Waals surface area contributed by atoms with Crippen molar-refractivity contribution >= 4 is 17.5 Å². The number of nitrogens with one attached hydrogen (secondary N) is 1. The molecule has 0 radical (unpaired) electrons. The molecule has 0 aliphatic carbocycles. The van der Waals surface area contributed by atoms with Crippen LogP contribution in [0.1, 0.15) is 51.4 Å². The van der Waals surface area contributed by atoms with Crippen molar-refractivity contribution in [3.8, 4) is 5.75 Å². The average molecular weight is 503 g/mol. The van der Waals surface area contributed by atoms with Gasteiger partial charge in [-0.3, -0.25) is 14.4 Å². The minimum absolute atomic E-state index is 0.0140. The average Bonchev–Trinajstić information content (AvgIpc) is 2.85.